The van der Waals surface area contributed by atoms with E-state index in [1.165, 1.54) is 0 Å². The molecule has 0 spiro atoms. The van der Waals surface area contributed by atoms with Gasteiger partial charge in [-0.25, -0.2) is 0 Å². The van der Waals surface area contributed by atoms with E-state index in [9.17, 15) is 4.79 Å². The Hall–Kier alpha value is -0.670. The molecule has 0 saturated carbocycles. The third-order valence-electron chi connectivity index (χ3n) is 2.48. The summed E-state index contributed by atoms with van der Waals surface area (Å²) in [4.78, 5) is 13.5. The molecule has 0 radical (unpaired) electrons. The van der Waals surface area contributed by atoms with Crippen molar-refractivity contribution in [3.05, 3.63) is 12.2 Å². The van der Waals surface area contributed by atoms with E-state index >= 15 is 0 Å². The van der Waals surface area contributed by atoms with Crippen LogP contribution in [0.3, 0.4) is 0 Å². The highest BCUT2D eigenvalue weighted by atomic mass is 16.1. The standard InChI is InChI=1S/C10H18N2O/c1-8(2)10(13)7-12-5-3-9(11)4-6-12/h9H,1,3-7,11H2,2H3. The van der Waals surface area contributed by atoms with Gasteiger partial charge in [-0.05, 0) is 25.3 Å². The zero-order valence-corrected chi connectivity index (χ0v) is 8.25. The third kappa shape index (κ3) is 3.28. The Balaban J connectivity index is 2.30. The van der Waals surface area contributed by atoms with Gasteiger partial charge in [0.05, 0.1) is 6.54 Å². The van der Waals surface area contributed by atoms with Gasteiger partial charge in [-0.2, -0.15) is 0 Å². The molecule has 1 saturated heterocycles. The van der Waals surface area contributed by atoms with Gasteiger partial charge in [-0.3, -0.25) is 9.69 Å². The van der Waals surface area contributed by atoms with E-state index in [-0.39, 0.29) is 5.78 Å². The number of carbonyl (C=O) groups is 1. The Bertz CT molecular complexity index is 205. The van der Waals surface area contributed by atoms with Crippen LogP contribution in [0, 0.1) is 0 Å². The van der Waals surface area contributed by atoms with Crippen molar-refractivity contribution in [3.8, 4) is 0 Å². The minimum absolute atomic E-state index is 0.149. The molecule has 0 bridgehead atoms. The predicted octanol–water partition coefficient (Wildman–Crippen LogP) is 0.555. The molecule has 3 heteroatoms. The molecule has 1 heterocycles. The summed E-state index contributed by atoms with van der Waals surface area (Å²) in [6.07, 6.45) is 2.01. The lowest BCUT2D eigenvalue weighted by Crippen LogP contribution is -2.42. The minimum atomic E-state index is 0.149. The molecule has 1 fully saturated rings. The van der Waals surface area contributed by atoms with Crippen LogP contribution >= 0.6 is 0 Å². The quantitative estimate of drug-likeness (QED) is 0.648. The number of carbonyl (C=O) groups excluding carboxylic acids is 1. The molecule has 3 nitrogen and oxygen atoms in total. The molecule has 0 atom stereocenters. The van der Waals surface area contributed by atoms with Crippen molar-refractivity contribution >= 4 is 5.78 Å². The Kier molecular flexibility index (Phi) is 3.63. The Labute approximate surface area is 79.6 Å². The van der Waals surface area contributed by atoms with Crippen LogP contribution < -0.4 is 5.73 Å². The van der Waals surface area contributed by atoms with E-state index in [4.69, 9.17) is 5.73 Å². The zero-order chi connectivity index (χ0) is 9.84. The maximum absolute atomic E-state index is 11.3. The molecule has 0 aliphatic carbocycles. The molecular formula is C10H18N2O. The number of nitrogens with zero attached hydrogens (tertiary/aromatic N) is 1. The summed E-state index contributed by atoms with van der Waals surface area (Å²) in [7, 11) is 0. The van der Waals surface area contributed by atoms with Crippen LogP contribution in [0.2, 0.25) is 0 Å². The number of Topliss-reactive ketones (excluding diaryl/α,β-unsaturated/α-hetero) is 1. The van der Waals surface area contributed by atoms with Crippen molar-refractivity contribution in [1.82, 2.24) is 4.90 Å². The SMILES string of the molecule is C=C(C)C(=O)CN1CCC(N)CC1. The summed E-state index contributed by atoms with van der Waals surface area (Å²) in [5, 5.41) is 0. The van der Waals surface area contributed by atoms with E-state index < -0.39 is 0 Å². The van der Waals surface area contributed by atoms with Crippen molar-refractivity contribution in [2.45, 2.75) is 25.8 Å². The fourth-order valence-corrected chi connectivity index (χ4v) is 1.45. The molecule has 0 amide bonds. The van der Waals surface area contributed by atoms with Gasteiger partial charge in [0.2, 0.25) is 0 Å². The maximum atomic E-state index is 11.3. The van der Waals surface area contributed by atoms with Gasteiger partial charge < -0.3 is 5.73 Å². The second-order valence-electron chi connectivity index (χ2n) is 3.82. The number of ketones is 1. The van der Waals surface area contributed by atoms with Gasteiger partial charge in [-0.1, -0.05) is 6.58 Å². The molecule has 1 aliphatic rings. The summed E-state index contributed by atoms with van der Waals surface area (Å²) in [6, 6.07) is 0.330. The van der Waals surface area contributed by atoms with Gasteiger partial charge in [0.25, 0.3) is 0 Å². The lowest BCUT2D eigenvalue weighted by atomic mass is 10.1. The first-order valence-electron chi connectivity index (χ1n) is 4.76. The van der Waals surface area contributed by atoms with Crippen LogP contribution in [-0.4, -0.2) is 36.4 Å². The number of hydrogen-bond donors (Lipinski definition) is 1. The first-order valence-corrected chi connectivity index (χ1v) is 4.76. The molecule has 1 rings (SSSR count). The summed E-state index contributed by atoms with van der Waals surface area (Å²) >= 11 is 0. The van der Waals surface area contributed by atoms with Gasteiger partial charge >= 0.3 is 0 Å². The largest absolute Gasteiger partial charge is 0.328 e. The highest BCUT2D eigenvalue weighted by Crippen LogP contribution is 2.08. The smallest absolute Gasteiger partial charge is 0.171 e. The summed E-state index contributed by atoms with van der Waals surface area (Å²) in [5.74, 6) is 0.149. The van der Waals surface area contributed by atoms with Crippen molar-refractivity contribution < 1.29 is 4.79 Å². The minimum Gasteiger partial charge on any atom is -0.328 e. The third-order valence-corrected chi connectivity index (χ3v) is 2.48. The number of hydrogen-bond acceptors (Lipinski definition) is 3. The van der Waals surface area contributed by atoms with Crippen LogP contribution in [0.5, 0.6) is 0 Å². The van der Waals surface area contributed by atoms with Gasteiger partial charge in [0, 0.05) is 19.1 Å². The molecule has 74 valence electrons. The van der Waals surface area contributed by atoms with Crippen LogP contribution in [0.1, 0.15) is 19.8 Å². The van der Waals surface area contributed by atoms with Gasteiger partial charge in [-0.15, -0.1) is 0 Å². The van der Waals surface area contributed by atoms with E-state index in [0.717, 1.165) is 25.9 Å². The summed E-state index contributed by atoms with van der Waals surface area (Å²) in [6.45, 7) is 7.80. The molecule has 2 N–H and O–H groups in total. The van der Waals surface area contributed by atoms with Crippen LogP contribution in [0.4, 0.5) is 0 Å². The highest BCUT2D eigenvalue weighted by Gasteiger charge is 2.17. The van der Waals surface area contributed by atoms with E-state index in [0.29, 0.717) is 18.2 Å². The second-order valence-corrected chi connectivity index (χ2v) is 3.82. The van der Waals surface area contributed by atoms with Gasteiger partial charge in [0.15, 0.2) is 5.78 Å². The number of rotatable bonds is 3. The molecule has 0 aromatic heterocycles. The molecule has 0 aromatic carbocycles. The van der Waals surface area contributed by atoms with Gasteiger partial charge in [0.1, 0.15) is 0 Å². The molecule has 0 aromatic rings. The van der Waals surface area contributed by atoms with E-state index in [2.05, 4.69) is 11.5 Å². The highest BCUT2D eigenvalue weighted by molar-refractivity contribution is 5.95. The van der Waals surface area contributed by atoms with Crippen molar-refractivity contribution in [3.63, 3.8) is 0 Å². The predicted molar refractivity (Wildman–Crippen MR) is 53.5 cm³/mol. The molecule has 0 unspecified atom stereocenters. The summed E-state index contributed by atoms with van der Waals surface area (Å²) in [5.41, 5.74) is 6.41. The lowest BCUT2D eigenvalue weighted by molar-refractivity contribution is -0.116. The van der Waals surface area contributed by atoms with Crippen LogP contribution in [0.25, 0.3) is 0 Å². The maximum Gasteiger partial charge on any atom is 0.171 e. The van der Waals surface area contributed by atoms with E-state index in [1.54, 1.807) is 6.92 Å². The average molecular weight is 182 g/mol. The normalized spacial score (nSPS) is 20.2. The lowest BCUT2D eigenvalue weighted by Gasteiger charge is -2.29. The number of likely N-dealkylation sites (tertiary alicyclic amines) is 1. The first-order chi connectivity index (χ1) is 6.09. The van der Waals surface area contributed by atoms with Crippen LogP contribution in [-0.2, 0) is 4.79 Å². The van der Waals surface area contributed by atoms with Crippen molar-refractivity contribution in [2.75, 3.05) is 19.6 Å². The Morgan fingerprint density at radius 1 is 1.54 bits per heavy atom. The zero-order valence-electron chi connectivity index (χ0n) is 8.25. The Morgan fingerprint density at radius 2 is 2.08 bits per heavy atom. The van der Waals surface area contributed by atoms with Crippen molar-refractivity contribution in [1.29, 1.82) is 0 Å². The van der Waals surface area contributed by atoms with Crippen molar-refractivity contribution in [2.24, 2.45) is 5.73 Å². The number of piperidine rings is 1. The summed E-state index contributed by atoms with van der Waals surface area (Å²) < 4.78 is 0. The average Bonchev–Trinajstić information content (AvgIpc) is 2.08. The Morgan fingerprint density at radius 3 is 2.54 bits per heavy atom. The number of nitrogens with two attached hydrogens (primary N) is 1. The fourth-order valence-electron chi connectivity index (χ4n) is 1.45. The topological polar surface area (TPSA) is 46.3 Å². The molecule has 13 heavy (non-hydrogen) atoms. The van der Waals surface area contributed by atoms with E-state index in [1.807, 2.05) is 0 Å². The molecule has 1 aliphatic heterocycles. The second kappa shape index (κ2) is 4.53. The first kappa shape index (κ1) is 10.4. The molecular weight excluding hydrogens is 164 g/mol. The fraction of sp³-hybridized carbons (Fsp3) is 0.700. The monoisotopic (exact) mass is 182 g/mol. The van der Waals surface area contributed by atoms with Crippen LogP contribution in [0.15, 0.2) is 12.2 Å².